The standard InChI is InChI=1S/C38H40F3N7O3/c1-25(49)44-30-14-18-47(24-30)23-29-9-6-10-34(45-29)37(51)46-33-12-11-31(48-16-3-2-4-17-48)21-32(33)35-20-27(13-15-42-35)36(50)43-22-26-7-5-8-28(19-26)38(39,40)41/h5-13,15,19-21,30H,2-4,14,16-18,22-24H2,1H3,(H,43,50)(H,44,49)(H,46,51)/t30-/m0/s1. The summed E-state index contributed by atoms with van der Waals surface area (Å²) < 4.78 is 39.6. The van der Waals surface area contributed by atoms with Gasteiger partial charge >= 0.3 is 6.18 Å². The van der Waals surface area contributed by atoms with Gasteiger partial charge < -0.3 is 20.9 Å². The van der Waals surface area contributed by atoms with Gasteiger partial charge in [0, 0.05) is 75.2 Å². The number of nitrogens with one attached hydrogen (secondary N) is 3. The molecular weight excluding hydrogens is 659 g/mol. The molecule has 0 unspecified atom stereocenters. The van der Waals surface area contributed by atoms with Crippen molar-refractivity contribution in [1.82, 2.24) is 25.5 Å². The van der Waals surface area contributed by atoms with Crippen LogP contribution in [-0.4, -0.2) is 64.8 Å². The smallest absolute Gasteiger partial charge is 0.372 e. The van der Waals surface area contributed by atoms with Gasteiger partial charge in [0.25, 0.3) is 11.8 Å². The fraction of sp³-hybridized carbons (Fsp3) is 0.342. The lowest BCUT2D eigenvalue weighted by molar-refractivity contribution is -0.137. The lowest BCUT2D eigenvalue weighted by atomic mass is 10.0. The maximum Gasteiger partial charge on any atom is 0.416 e. The molecule has 2 saturated heterocycles. The third kappa shape index (κ3) is 9.28. The Labute approximate surface area is 294 Å². The Morgan fingerprint density at radius 2 is 1.71 bits per heavy atom. The van der Waals surface area contributed by atoms with E-state index in [-0.39, 0.29) is 29.8 Å². The van der Waals surface area contributed by atoms with Gasteiger partial charge in [0.05, 0.1) is 22.6 Å². The highest BCUT2D eigenvalue weighted by Crippen LogP contribution is 2.33. The SMILES string of the molecule is CC(=O)N[C@H]1CCN(Cc2cccc(C(=O)Nc3ccc(N4CCCCC4)cc3-c3cc(C(=O)NCc4cccc(C(F)(F)F)c4)ccn3)n2)C1. The van der Waals surface area contributed by atoms with Crippen molar-refractivity contribution in [3.05, 3.63) is 107 Å². The quantitative estimate of drug-likeness (QED) is 0.185. The van der Waals surface area contributed by atoms with E-state index in [2.05, 4.69) is 35.7 Å². The van der Waals surface area contributed by atoms with Crippen molar-refractivity contribution in [3.63, 3.8) is 0 Å². The number of benzene rings is 2. The number of amides is 3. The Bertz CT molecular complexity index is 1890. The van der Waals surface area contributed by atoms with Gasteiger partial charge in [-0.25, -0.2) is 4.98 Å². The van der Waals surface area contributed by atoms with Crippen molar-refractivity contribution in [3.8, 4) is 11.3 Å². The fourth-order valence-electron chi connectivity index (χ4n) is 6.55. The first-order chi connectivity index (χ1) is 24.5. The van der Waals surface area contributed by atoms with E-state index in [9.17, 15) is 27.6 Å². The summed E-state index contributed by atoms with van der Waals surface area (Å²) in [4.78, 5) is 51.9. The van der Waals surface area contributed by atoms with Crippen LogP contribution in [-0.2, 0) is 24.1 Å². The summed E-state index contributed by atoms with van der Waals surface area (Å²) in [5.74, 6) is -0.936. The summed E-state index contributed by atoms with van der Waals surface area (Å²) in [6, 6.07) is 19.1. The first kappa shape index (κ1) is 35.5. The molecule has 4 aromatic rings. The molecule has 0 radical (unpaired) electrons. The van der Waals surface area contributed by atoms with Gasteiger partial charge in [-0.3, -0.25) is 24.3 Å². The predicted octanol–water partition coefficient (Wildman–Crippen LogP) is 6.05. The van der Waals surface area contributed by atoms with E-state index >= 15 is 0 Å². The number of hydrogen-bond acceptors (Lipinski definition) is 7. The van der Waals surface area contributed by atoms with E-state index in [0.717, 1.165) is 68.8 Å². The van der Waals surface area contributed by atoms with Gasteiger partial charge in [-0.05, 0) is 85.8 Å². The topological polar surface area (TPSA) is 120 Å². The second-order valence-electron chi connectivity index (χ2n) is 13.0. The number of likely N-dealkylation sites (tertiary alicyclic amines) is 1. The van der Waals surface area contributed by atoms with Crippen LogP contribution in [0, 0.1) is 0 Å². The van der Waals surface area contributed by atoms with E-state index in [4.69, 9.17) is 0 Å². The number of nitrogens with zero attached hydrogens (tertiary/aromatic N) is 4. The first-order valence-corrected chi connectivity index (χ1v) is 17.1. The summed E-state index contributed by atoms with van der Waals surface area (Å²) in [7, 11) is 0. The van der Waals surface area contributed by atoms with Crippen LogP contribution >= 0.6 is 0 Å². The summed E-state index contributed by atoms with van der Waals surface area (Å²) in [5.41, 5.74) is 3.28. The van der Waals surface area contributed by atoms with Crippen molar-refractivity contribution in [2.45, 2.75) is 57.9 Å². The van der Waals surface area contributed by atoms with Crippen molar-refractivity contribution in [2.24, 2.45) is 0 Å². The molecule has 0 spiro atoms. The number of pyridine rings is 2. The molecule has 1 atom stereocenters. The zero-order valence-electron chi connectivity index (χ0n) is 28.3. The highest BCUT2D eigenvalue weighted by atomic mass is 19.4. The molecule has 0 saturated carbocycles. The second-order valence-corrected chi connectivity index (χ2v) is 13.0. The Balaban J connectivity index is 1.21. The number of hydrogen-bond donors (Lipinski definition) is 3. The predicted molar refractivity (Wildman–Crippen MR) is 188 cm³/mol. The number of halogens is 3. The maximum absolute atomic E-state index is 13.6. The number of piperidine rings is 1. The Morgan fingerprint density at radius 3 is 2.49 bits per heavy atom. The maximum atomic E-state index is 13.6. The number of aromatic nitrogens is 2. The Hall–Kier alpha value is -5.30. The number of rotatable bonds is 10. The van der Waals surface area contributed by atoms with Gasteiger partial charge in [0.15, 0.2) is 0 Å². The molecule has 51 heavy (non-hydrogen) atoms. The molecule has 266 valence electrons. The minimum Gasteiger partial charge on any atom is -0.372 e. The fourth-order valence-corrected chi connectivity index (χ4v) is 6.55. The van der Waals surface area contributed by atoms with Crippen molar-refractivity contribution in [2.75, 3.05) is 36.4 Å². The van der Waals surface area contributed by atoms with Crippen LogP contribution in [0.5, 0.6) is 0 Å². The first-order valence-electron chi connectivity index (χ1n) is 17.1. The van der Waals surface area contributed by atoms with Crippen LogP contribution < -0.4 is 20.9 Å². The zero-order valence-corrected chi connectivity index (χ0v) is 28.3. The lowest BCUT2D eigenvalue weighted by Gasteiger charge is -2.29. The highest BCUT2D eigenvalue weighted by molar-refractivity contribution is 6.05. The van der Waals surface area contributed by atoms with Crippen LogP contribution in [0.3, 0.4) is 0 Å². The number of carbonyl (C=O) groups is 3. The van der Waals surface area contributed by atoms with Crippen LogP contribution in [0.1, 0.15) is 70.3 Å². The molecule has 2 aliphatic heterocycles. The molecule has 2 aromatic carbocycles. The number of anilines is 2. The van der Waals surface area contributed by atoms with E-state index in [1.54, 1.807) is 18.2 Å². The Morgan fingerprint density at radius 1 is 0.902 bits per heavy atom. The van der Waals surface area contributed by atoms with Gasteiger partial charge in [-0.15, -0.1) is 0 Å². The largest absolute Gasteiger partial charge is 0.416 e. The molecule has 10 nitrogen and oxygen atoms in total. The number of alkyl halides is 3. The van der Waals surface area contributed by atoms with Crippen molar-refractivity contribution < 1.29 is 27.6 Å². The monoisotopic (exact) mass is 699 g/mol. The molecular formula is C38H40F3N7O3. The summed E-state index contributed by atoms with van der Waals surface area (Å²) in [5, 5.41) is 8.66. The molecule has 2 aromatic heterocycles. The van der Waals surface area contributed by atoms with Crippen molar-refractivity contribution in [1.29, 1.82) is 0 Å². The van der Waals surface area contributed by atoms with E-state index in [1.165, 1.54) is 31.3 Å². The molecule has 3 N–H and O–H groups in total. The average Bonchev–Trinajstić information content (AvgIpc) is 3.56. The van der Waals surface area contributed by atoms with E-state index in [0.29, 0.717) is 35.6 Å². The van der Waals surface area contributed by atoms with Gasteiger partial charge in [-0.2, -0.15) is 13.2 Å². The summed E-state index contributed by atoms with van der Waals surface area (Å²) in [6.07, 6.45) is 1.16. The Kier molecular flexibility index (Phi) is 10.9. The van der Waals surface area contributed by atoms with Crippen molar-refractivity contribution >= 4 is 29.1 Å². The molecule has 0 bridgehead atoms. The molecule has 3 amide bonds. The minimum absolute atomic E-state index is 0.0544. The third-order valence-corrected chi connectivity index (χ3v) is 9.08. The molecule has 6 rings (SSSR count). The minimum atomic E-state index is -4.48. The normalized spacial score (nSPS) is 16.5. The highest BCUT2D eigenvalue weighted by Gasteiger charge is 2.30. The van der Waals surface area contributed by atoms with E-state index < -0.39 is 23.6 Å². The number of carbonyl (C=O) groups excluding carboxylic acids is 3. The summed E-state index contributed by atoms with van der Waals surface area (Å²) in [6.45, 7) is 5.28. The summed E-state index contributed by atoms with van der Waals surface area (Å²) >= 11 is 0. The van der Waals surface area contributed by atoms with Crippen LogP contribution in [0.4, 0.5) is 24.5 Å². The second kappa shape index (κ2) is 15.7. The van der Waals surface area contributed by atoms with Crippen LogP contribution in [0.15, 0.2) is 79.0 Å². The van der Waals surface area contributed by atoms with Crippen LogP contribution in [0.25, 0.3) is 11.3 Å². The molecule has 13 heteroatoms. The van der Waals surface area contributed by atoms with Crippen LogP contribution in [0.2, 0.25) is 0 Å². The van der Waals surface area contributed by atoms with E-state index in [1.807, 2.05) is 24.3 Å². The average molecular weight is 700 g/mol. The molecule has 2 aliphatic rings. The molecule has 2 fully saturated rings. The lowest BCUT2D eigenvalue weighted by Crippen LogP contribution is -2.35. The van der Waals surface area contributed by atoms with Gasteiger partial charge in [0.2, 0.25) is 5.91 Å². The van der Waals surface area contributed by atoms with Gasteiger partial charge in [-0.1, -0.05) is 18.2 Å². The zero-order chi connectivity index (χ0) is 36.0. The molecule has 4 heterocycles. The van der Waals surface area contributed by atoms with Gasteiger partial charge in [0.1, 0.15) is 5.69 Å². The third-order valence-electron chi connectivity index (χ3n) is 9.08. The molecule has 0 aliphatic carbocycles.